The number of rotatable bonds is 6. The highest BCUT2D eigenvalue weighted by atomic mass is 16.5. The zero-order valence-electron chi connectivity index (χ0n) is 12.0. The maximum absolute atomic E-state index is 12.0. The monoisotopic (exact) mass is 291 g/mol. The van der Waals surface area contributed by atoms with Crippen molar-refractivity contribution in [3.8, 4) is 0 Å². The van der Waals surface area contributed by atoms with Gasteiger partial charge >= 0.3 is 11.9 Å². The van der Waals surface area contributed by atoms with Crippen LogP contribution < -0.4 is 0 Å². The minimum Gasteiger partial charge on any atom is -0.466 e. The van der Waals surface area contributed by atoms with Gasteiger partial charge in [-0.2, -0.15) is 15.0 Å². The van der Waals surface area contributed by atoms with Crippen molar-refractivity contribution in [2.24, 2.45) is 0 Å². The van der Waals surface area contributed by atoms with Gasteiger partial charge in [0.15, 0.2) is 6.04 Å². The number of hydrogen-bond donors (Lipinski definition) is 0. The Morgan fingerprint density at radius 1 is 1.10 bits per heavy atom. The van der Waals surface area contributed by atoms with Crippen LogP contribution in [0.1, 0.15) is 26.3 Å². The van der Waals surface area contributed by atoms with Crippen molar-refractivity contribution < 1.29 is 19.1 Å². The normalized spacial score (nSPS) is 12.1. The Balaban J connectivity index is 2.28. The van der Waals surface area contributed by atoms with E-state index < -0.39 is 18.0 Å². The van der Waals surface area contributed by atoms with E-state index in [1.165, 1.54) is 4.80 Å². The van der Waals surface area contributed by atoms with Gasteiger partial charge in [0.1, 0.15) is 11.0 Å². The lowest BCUT2D eigenvalue weighted by Gasteiger charge is -2.13. The van der Waals surface area contributed by atoms with E-state index >= 15 is 0 Å². The Kier molecular flexibility index (Phi) is 4.86. The smallest absolute Gasteiger partial charge is 0.333 e. The summed E-state index contributed by atoms with van der Waals surface area (Å²) in [6.07, 6.45) is -0.159. The number of esters is 2. The Morgan fingerprint density at radius 3 is 2.19 bits per heavy atom. The van der Waals surface area contributed by atoms with E-state index in [9.17, 15) is 9.59 Å². The third kappa shape index (κ3) is 3.56. The van der Waals surface area contributed by atoms with Gasteiger partial charge in [-0.05, 0) is 26.0 Å². The van der Waals surface area contributed by atoms with Gasteiger partial charge in [0.2, 0.25) is 0 Å². The van der Waals surface area contributed by atoms with Crippen LogP contribution in [0.3, 0.4) is 0 Å². The summed E-state index contributed by atoms with van der Waals surface area (Å²) in [4.78, 5) is 24.9. The molecule has 21 heavy (non-hydrogen) atoms. The van der Waals surface area contributed by atoms with Gasteiger partial charge in [0.05, 0.1) is 19.6 Å². The second-order valence-corrected chi connectivity index (χ2v) is 4.29. The van der Waals surface area contributed by atoms with Crippen LogP contribution in [-0.2, 0) is 19.1 Å². The first-order chi connectivity index (χ1) is 10.2. The average Bonchev–Trinajstić information content (AvgIpc) is 2.88. The summed E-state index contributed by atoms with van der Waals surface area (Å²) < 4.78 is 9.87. The molecule has 0 spiro atoms. The first-order valence-electron chi connectivity index (χ1n) is 6.79. The maximum atomic E-state index is 12.0. The van der Waals surface area contributed by atoms with Crippen LogP contribution in [0.4, 0.5) is 0 Å². The summed E-state index contributed by atoms with van der Waals surface area (Å²) in [5, 5.41) is 8.45. The second kappa shape index (κ2) is 6.83. The number of carbonyl (C=O) groups is 2. The van der Waals surface area contributed by atoms with Crippen molar-refractivity contribution in [2.75, 3.05) is 13.2 Å². The molecule has 112 valence electrons. The van der Waals surface area contributed by atoms with Gasteiger partial charge in [-0.25, -0.2) is 4.79 Å². The second-order valence-electron chi connectivity index (χ2n) is 4.29. The van der Waals surface area contributed by atoms with Crippen LogP contribution >= 0.6 is 0 Å². The van der Waals surface area contributed by atoms with Gasteiger partial charge in [-0.3, -0.25) is 4.79 Å². The molecule has 2 rings (SSSR count). The van der Waals surface area contributed by atoms with Crippen LogP contribution in [0.25, 0.3) is 11.0 Å². The molecule has 2 aromatic rings. The summed E-state index contributed by atoms with van der Waals surface area (Å²) >= 11 is 0. The number of hydrogen-bond acceptors (Lipinski definition) is 6. The van der Waals surface area contributed by atoms with Crippen molar-refractivity contribution in [3.63, 3.8) is 0 Å². The summed E-state index contributed by atoms with van der Waals surface area (Å²) in [6, 6.07) is 6.30. The lowest BCUT2D eigenvalue weighted by molar-refractivity contribution is -0.154. The third-order valence-electron chi connectivity index (χ3n) is 2.80. The summed E-state index contributed by atoms with van der Waals surface area (Å²) in [7, 11) is 0. The summed E-state index contributed by atoms with van der Waals surface area (Å²) in [6.45, 7) is 3.88. The molecule has 1 unspecified atom stereocenters. The highest BCUT2D eigenvalue weighted by Crippen LogP contribution is 2.16. The molecule has 0 saturated carbocycles. The molecule has 7 nitrogen and oxygen atoms in total. The zero-order chi connectivity index (χ0) is 15.2. The van der Waals surface area contributed by atoms with Crippen LogP contribution in [-0.4, -0.2) is 40.1 Å². The molecule has 0 fully saturated rings. The SMILES string of the molecule is CCOC(=O)CC(C(=O)OCC)n1nc2ccccc2n1. The van der Waals surface area contributed by atoms with Crippen LogP contribution in [0.2, 0.25) is 0 Å². The molecule has 0 N–H and O–H groups in total. The molecule has 0 aliphatic heterocycles. The summed E-state index contributed by atoms with van der Waals surface area (Å²) in [5.74, 6) is -1.04. The molecule has 0 radical (unpaired) electrons. The van der Waals surface area contributed by atoms with E-state index in [0.29, 0.717) is 11.0 Å². The van der Waals surface area contributed by atoms with E-state index in [1.54, 1.807) is 26.0 Å². The van der Waals surface area contributed by atoms with E-state index in [4.69, 9.17) is 9.47 Å². The number of ether oxygens (including phenoxy) is 2. The molecule has 0 saturated heterocycles. The lowest BCUT2D eigenvalue weighted by atomic mass is 10.2. The molecule has 1 atom stereocenters. The fourth-order valence-electron chi connectivity index (χ4n) is 1.89. The third-order valence-corrected chi connectivity index (χ3v) is 2.80. The highest BCUT2D eigenvalue weighted by Gasteiger charge is 2.28. The van der Waals surface area contributed by atoms with E-state index in [2.05, 4.69) is 10.2 Å². The first kappa shape index (κ1) is 15.0. The van der Waals surface area contributed by atoms with Crippen molar-refractivity contribution in [1.29, 1.82) is 0 Å². The van der Waals surface area contributed by atoms with Crippen molar-refractivity contribution in [1.82, 2.24) is 15.0 Å². The number of fused-ring (bicyclic) bond motifs is 1. The Morgan fingerprint density at radius 2 is 1.67 bits per heavy atom. The summed E-state index contributed by atoms with van der Waals surface area (Å²) in [5.41, 5.74) is 1.30. The maximum Gasteiger partial charge on any atom is 0.333 e. The van der Waals surface area contributed by atoms with Crippen molar-refractivity contribution >= 4 is 23.0 Å². The molecule has 0 bridgehead atoms. The Hall–Kier alpha value is -2.44. The molecular formula is C14H17N3O4. The zero-order valence-corrected chi connectivity index (χ0v) is 12.0. The number of nitrogens with zero attached hydrogens (tertiary/aromatic N) is 3. The topological polar surface area (TPSA) is 83.3 Å². The van der Waals surface area contributed by atoms with Crippen molar-refractivity contribution in [3.05, 3.63) is 24.3 Å². The fourth-order valence-corrected chi connectivity index (χ4v) is 1.89. The van der Waals surface area contributed by atoms with E-state index in [1.807, 2.05) is 12.1 Å². The van der Waals surface area contributed by atoms with Crippen LogP contribution in [0.15, 0.2) is 24.3 Å². The van der Waals surface area contributed by atoms with Gasteiger partial charge in [-0.1, -0.05) is 12.1 Å². The average molecular weight is 291 g/mol. The Bertz CT molecular complexity index is 605. The number of benzene rings is 1. The fraction of sp³-hybridized carbons (Fsp3) is 0.429. The molecule has 1 aromatic carbocycles. The lowest BCUT2D eigenvalue weighted by Crippen LogP contribution is -2.27. The van der Waals surface area contributed by atoms with Gasteiger partial charge in [0, 0.05) is 0 Å². The molecule has 0 amide bonds. The molecule has 0 aliphatic rings. The van der Waals surface area contributed by atoms with E-state index in [0.717, 1.165) is 0 Å². The van der Waals surface area contributed by atoms with Crippen LogP contribution in [0, 0.1) is 0 Å². The number of carbonyl (C=O) groups excluding carboxylic acids is 2. The van der Waals surface area contributed by atoms with Crippen LogP contribution in [0.5, 0.6) is 0 Å². The standard InChI is InChI=1S/C14H17N3O4/c1-3-20-13(18)9-12(14(19)21-4-2)17-15-10-7-5-6-8-11(10)16-17/h5-8,12H,3-4,9H2,1-2H3. The molecule has 0 aliphatic carbocycles. The first-order valence-corrected chi connectivity index (χ1v) is 6.79. The van der Waals surface area contributed by atoms with Gasteiger partial charge in [-0.15, -0.1) is 0 Å². The van der Waals surface area contributed by atoms with Gasteiger partial charge in [0.25, 0.3) is 0 Å². The largest absolute Gasteiger partial charge is 0.466 e. The van der Waals surface area contributed by atoms with Crippen molar-refractivity contribution in [2.45, 2.75) is 26.3 Å². The molecule has 7 heteroatoms. The molecular weight excluding hydrogens is 274 g/mol. The number of aromatic nitrogens is 3. The Labute approximate surface area is 121 Å². The molecule has 1 aromatic heterocycles. The van der Waals surface area contributed by atoms with Gasteiger partial charge < -0.3 is 9.47 Å². The van der Waals surface area contributed by atoms with E-state index in [-0.39, 0.29) is 19.6 Å². The highest BCUT2D eigenvalue weighted by molar-refractivity contribution is 5.82. The quantitative estimate of drug-likeness (QED) is 0.750. The predicted molar refractivity (Wildman–Crippen MR) is 74.4 cm³/mol. The minimum atomic E-state index is -0.920. The minimum absolute atomic E-state index is 0.159. The molecule has 1 heterocycles. The predicted octanol–water partition coefficient (Wildman–Crippen LogP) is 1.49.